The number of hydrogen-bond acceptors (Lipinski definition) is 8. The van der Waals surface area contributed by atoms with E-state index >= 15 is 0 Å². The number of thioether (sulfide) groups is 1. The van der Waals surface area contributed by atoms with E-state index in [0.717, 1.165) is 11.8 Å². The average molecular weight is 331 g/mol. The molecule has 0 unspecified atom stereocenters. The molecule has 0 spiro atoms. The molecule has 0 radical (unpaired) electrons. The number of carbonyl (C=O) groups is 1. The second-order valence-electron chi connectivity index (χ2n) is 4.47. The van der Waals surface area contributed by atoms with E-state index in [4.69, 9.17) is 24.9 Å². The van der Waals surface area contributed by atoms with E-state index in [1.54, 1.807) is 26.0 Å². The topological polar surface area (TPSA) is 122 Å². The normalized spacial score (nSPS) is 17.3. The Labute approximate surface area is 136 Å². The van der Waals surface area contributed by atoms with Crippen LogP contribution >= 0.6 is 11.8 Å². The molecule has 1 aliphatic rings. The lowest BCUT2D eigenvalue weighted by Gasteiger charge is -2.25. The molecule has 0 fully saturated rings. The molecule has 0 aromatic carbocycles. The number of thiocyanates is 1. The van der Waals surface area contributed by atoms with Gasteiger partial charge in [0.15, 0.2) is 5.09 Å². The number of carbonyl (C=O) groups excluding carboxylic acids is 1. The lowest BCUT2D eigenvalue weighted by molar-refractivity contribution is -0.139. The number of esters is 1. The standard InChI is InChI=1S/C15H13N3O4S/c1-3-20-15(19)12-8(2)21-14(18)9(6-16)13(12)10-4-5-11(22-10)23-7-17/h4-5,13H,3,18H2,1-2H3/t13-/m0/s1. The lowest BCUT2D eigenvalue weighted by Crippen LogP contribution is -2.25. The fraction of sp³-hybridized carbons (Fsp3) is 0.267. The molecule has 2 heterocycles. The van der Waals surface area contributed by atoms with Crippen LogP contribution < -0.4 is 5.73 Å². The van der Waals surface area contributed by atoms with Crippen LogP contribution in [0.3, 0.4) is 0 Å². The van der Waals surface area contributed by atoms with Gasteiger partial charge in [-0.1, -0.05) is 0 Å². The zero-order valence-corrected chi connectivity index (χ0v) is 13.3. The van der Waals surface area contributed by atoms with E-state index in [0.29, 0.717) is 10.9 Å². The van der Waals surface area contributed by atoms with E-state index in [1.807, 2.05) is 11.5 Å². The van der Waals surface area contributed by atoms with Crippen LogP contribution in [-0.4, -0.2) is 12.6 Å². The molecule has 2 N–H and O–H groups in total. The van der Waals surface area contributed by atoms with Crippen LogP contribution in [0.15, 0.2) is 44.4 Å². The summed E-state index contributed by atoms with van der Waals surface area (Å²) in [7, 11) is 0. The highest BCUT2D eigenvalue weighted by Crippen LogP contribution is 2.41. The highest BCUT2D eigenvalue weighted by Gasteiger charge is 2.38. The van der Waals surface area contributed by atoms with Gasteiger partial charge in [-0.2, -0.15) is 10.5 Å². The third-order valence-corrected chi connectivity index (χ3v) is 3.65. The van der Waals surface area contributed by atoms with Crippen molar-refractivity contribution in [3.63, 3.8) is 0 Å². The van der Waals surface area contributed by atoms with Gasteiger partial charge in [0.05, 0.1) is 18.1 Å². The minimum Gasteiger partial charge on any atom is -0.463 e. The minimum absolute atomic E-state index is 0.0570. The van der Waals surface area contributed by atoms with Crippen LogP contribution in [0, 0.1) is 22.0 Å². The zero-order valence-electron chi connectivity index (χ0n) is 12.5. The number of nitrogens with two attached hydrogens (primary N) is 1. The molecule has 118 valence electrons. The molecule has 1 aromatic rings. The summed E-state index contributed by atoms with van der Waals surface area (Å²) >= 11 is 0.836. The highest BCUT2D eigenvalue weighted by atomic mass is 32.2. The smallest absolute Gasteiger partial charge is 0.338 e. The zero-order chi connectivity index (χ0) is 17.0. The van der Waals surface area contributed by atoms with Crippen LogP contribution in [0.25, 0.3) is 0 Å². The highest BCUT2D eigenvalue weighted by molar-refractivity contribution is 8.03. The van der Waals surface area contributed by atoms with E-state index in [-0.39, 0.29) is 29.4 Å². The minimum atomic E-state index is -0.833. The quantitative estimate of drug-likeness (QED) is 0.507. The Hall–Kier alpha value is -2.84. The first-order chi connectivity index (χ1) is 11.0. The van der Waals surface area contributed by atoms with Gasteiger partial charge >= 0.3 is 5.97 Å². The number of nitriles is 2. The second kappa shape index (κ2) is 6.95. The summed E-state index contributed by atoms with van der Waals surface area (Å²) in [5.74, 6) is -0.972. The first kappa shape index (κ1) is 16.5. The summed E-state index contributed by atoms with van der Waals surface area (Å²) in [6, 6.07) is 5.12. The Morgan fingerprint density at radius 3 is 2.83 bits per heavy atom. The van der Waals surface area contributed by atoms with Crippen LogP contribution in [-0.2, 0) is 14.3 Å². The van der Waals surface area contributed by atoms with Gasteiger partial charge < -0.3 is 19.6 Å². The van der Waals surface area contributed by atoms with Gasteiger partial charge in [-0.15, -0.1) is 0 Å². The van der Waals surface area contributed by atoms with Crippen molar-refractivity contribution in [1.29, 1.82) is 10.5 Å². The van der Waals surface area contributed by atoms with Crippen LogP contribution in [0.2, 0.25) is 0 Å². The first-order valence-electron chi connectivity index (χ1n) is 6.64. The number of allylic oxidation sites excluding steroid dienone is 2. The van der Waals surface area contributed by atoms with Crippen LogP contribution in [0.5, 0.6) is 0 Å². The molecular formula is C15H13N3O4S. The fourth-order valence-electron chi connectivity index (χ4n) is 2.23. The van der Waals surface area contributed by atoms with Crippen molar-refractivity contribution in [2.24, 2.45) is 5.73 Å². The maximum absolute atomic E-state index is 12.3. The first-order valence-corrected chi connectivity index (χ1v) is 7.46. The summed E-state index contributed by atoms with van der Waals surface area (Å²) in [6.07, 6.45) is 0. The van der Waals surface area contributed by atoms with Crippen molar-refractivity contribution in [2.45, 2.75) is 24.9 Å². The second-order valence-corrected chi connectivity index (χ2v) is 5.25. The summed E-state index contributed by atoms with van der Waals surface area (Å²) in [5.41, 5.74) is 5.97. The van der Waals surface area contributed by atoms with Gasteiger partial charge in [-0.3, -0.25) is 0 Å². The van der Waals surface area contributed by atoms with Crippen molar-refractivity contribution >= 4 is 17.7 Å². The molecule has 1 aliphatic heterocycles. The molecule has 0 amide bonds. The van der Waals surface area contributed by atoms with E-state index in [1.165, 1.54) is 0 Å². The number of rotatable bonds is 4. The molecule has 0 bridgehead atoms. The molecule has 0 aliphatic carbocycles. The van der Waals surface area contributed by atoms with Gasteiger partial charge in [0.2, 0.25) is 5.88 Å². The van der Waals surface area contributed by atoms with Crippen molar-refractivity contribution in [3.05, 3.63) is 40.7 Å². The maximum atomic E-state index is 12.3. The molecule has 8 heteroatoms. The van der Waals surface area contributed by atoms with Gasteiger partial charge in [0.1, 0.15) is 28.6 Å². The van der Waals surface area contributed by atoms with Crippen molar-refractivity contribution < 1.29 is 18.7 Å². The molecule has 0 saturated heterocycles. The number of hydrogen-bond donors (Lipinski definition) is 1. The average Bonchev–Trinajstić information content (AvgIpc) is 2.95. The summed E-state index contributed by atoms with van der Waals surface area (Å²) in [4.78, 5) is 12.3. The summed E-state index contributed by atoms with van der Waals surface area (Å²) in [6.45, 7) is 3.42. The molecule has 1 aromatic heterocycles. The van der Waals surface area contributed by atoms with Gasteiger partial charge in [-0.25, -0.2) is 4.79 Å². The van der Waals surface area contributed by atoms with Crippen LogP contribution in [0.1, 0.15) is 25.5 Å². The SMILES string of the molecule is CCOC(=O)C1=C(C)OC(N)=C(C#N)[C@H]1c1ccc(SC#N)o1. The molecule has 23 heavy (non-hydrogen) atoms. The van der Waals surface area contributed by atoms with Gasteiger partial charge in [-0.05, 0) is 26.0 Å². The van der Waals surface area contributed by atoms with Gasteiger partial charge in [0.25, 0.3) is 0 Å². The van der Waals surface area contributed by atoms with E-state index < -0.39 is 11.9 Å². The van der Waals surface area contributed by atoms with Gasteiger partial charge in [0, 0.05) is 11.8 Å². The Morgan fingerprint density at radius 2 is 2.22 bits per heavy atom. The number of furan rings is 1. The van der Waals surface area contributed by atoms with Crippen molar-refractivity contribution in [3.8, 4) is 11.5 Å². The Kier molecular flexibility index (Phi) is 4.99. The lowest BCUT2D eigenvalue weighted by atomic mass is 9.87. The molecule has 1 atom stereocenters. The number of nitrogens with zero attached hydrogens (tertiary/aromatic N) is 2. The maximum Gasteiger partial charge on any atom is 0.338 e. The Morgan fingerprint density at radius 1 is 1.48 bits per heavy atom. The third kappa shape index (κ3) is 3.17. The molecular weight excluding hydrogens is 318 g/mol. The van der Waals surface area contributed by atoms with Crippen molar-refractivity contribution in [1.82, 2.24) is 0 Å². The van der Waals surface area contributed by atoms with Crippen molar-refractivity contribution in [2.75, 3.05) is 6.61 Å². The molecule has 2 rings (SSSR count). The van der Waals surface area contributed by atoms with E-state index in [9.17, 15) is 10.1 Å². The third-order valence-electron chi connectivity index (χ3n) is 3.13. The predicted molar refractivity (Wildman–Crippen MR) is 80.2 cm³/mol. The molecule has 0 saturated carbocycles. The largest absolute Gasteiger partial charge is 0.463 e. The summed E-state index contributed by atoms with van der Waals surface area (Å²) < 4.78 is 15.9. The summed E-state index contributed by atoms with van der Waals surface area (Å²) in [5, 5.41) is 20.3. The Bertz CT molecular complexity index is 779. The monoisotopic (exact) mass is 331 g/mol. The Balaban J connectivity index is 2.54. The fourth-order valence-corrected chi connectivity index (χ4v) is 2.59. The van der Waals surface area contributed by atoms with E-state index in [2.05, 4.69) is 0 Å². The van der Waals surface area contributed by atoms with Crippen LogP contribution in [0.4, 0.5) is 0 Å². The molecule has 7 nitrogen and oxygen atoms in total. The predicted octanol–water partition coefficient (Wildman–Crippen LogP) is 2.50. The number of ether oxygens (including phenoxy) is 2.